The highest BCUT2D eigenvalue weighted by Gasteiger charge is 2.44. The fourth-order valence-corrected chi connectivity index (χ4v) is 13.0. The van der Waals surface area contributed by atoms with Gasteiger partial charge in [0.25, 0.3) is 6.71 Å². The molecule has 2 aliphatic heterocycles. The first-order valence-corrected chi connectivity index (χ1v) is 25.2. The average Bonchev–Trinajstić information content (AvgIpc) is 4.14. The third kappa shape index (κ3) is 5.41. The number of nitriles is 2. The van der Waals surface area contributed by atoms with E-state index in [4.69, 9.17) is 0 Å². The van der Waals surface area contributed by atoms with E-state index in [1.807, 2.05) is 12.1 Å². The minimum Gasteiger partial charge on any atom is -0.309 e. The Morgan fingerprint density at radius 1 is 0.284 bits per heavy atom. The van der Waals surface area contributed by atoms with Crippen molar-refractivity contribution in [3.63, 3.8) is 0 Å². The van der Waals surface area contributed by atoms with Crippen molar-refractivity contribution in [3.05, 3.63) is 242 Å². The third-order valence-electron chi connectivity index (χ3n) is 16.1. The predicted molar refractivity (Wildman–Crippen MR) is 305 cm³/mol. The Hall–Kier alpha value is -10.1. The van der Waals surface area contributed by atoms with Gasteiger partial charge in [0, 0.05) is 43.4 Å². The van der Waals surface area contributed by atoms with Gasteiger partial charge < -0.3 is 13.7 Å². The number of fused-ring (bicyclic) bond motifs is 13. The van der Waals surface area contributed by atoms with Crippen LogP contribution in [0.1, 0.15) is 11.1 Å². The molecule has 16 rings (SSSR count). The van der Waals surface area contributed by atoms with Gasteiger partial charge in [0.1, 0.15) is 23.3 Å². The van der Waals surface area contributed by atoms with Gasteiger partial charge in [-0.1, -0.05) is 194 Å². The summed E-state index contributed by atoms with van der Waals surface area (Å²) in [6.45, 7) is -0.237. The standard InChI is InChI=1S/C68H38BN5/c70-39-55-64(56(40-71)68-63-67(55)73-59-23-9-7-17-49(59)51-19-11-21-57(65(51)73)69(63)58-22-12-20-52-50-18-8-10-24-60(50)74(68)66(52)58)72-61-35-33-47(45-29-25-43(26-30-45)41-13-3-1-4-14-41)37-53(61)54-38-48(34-36-62(54)72)46-31-27-44(28-32-46)42-15-5-2-6-16-42/h1-38H. The Labute approximate surface area is 426 Å². The lowest BCUT2D eigenvalue weighted by molar-refractivity contribution is 1.08. The van der Waals surface area contributed by atoms with Crippen LogP contribution in [0.4, 0.5) is 0 Å². The van der Waals surface area contributed by atoms with E-state index in [9.17, 15) is 10.5 Å². The SMILES string of the molecule is N#Cc1c(-n2c3ccc(-c4ccc(-c5ccccc5)cc4)cc3c3cc(-c4ccc(-c5ccccc5)cc4)ccc32)c(C#N)c2c3c1-n1c4ccccc4c4cccc(c41)B3c1cccc3c4ccccc4n-2c13. The molecule has 0 amide bonds. The molecule has 3 aromatic heterocycles. The van der Waals surface area contributed by atoms with Crippen molar-refractivity contribution >= 4 is 88.5 Å². The molecule has 6 heteroatoms. The maximum atomic E-state index is 12.1. The first-order valence-electron chi connectivity index (χ1n) is 25.2. The minimum absolute atomic E-state index is 0.237. The second kappa shape index (κ2) is 15.2. The Morgan fingerprint density at radius 2 is 0.635 bits per heavy atom. The molecule has 0 N–H and O–H groups in total. The van der Waals surface area contributed by atoms with Gasteiger partial charge in [0.2, 0.25) is 0 Å². The highest BCUT2D eigenvalue weighted by molar-refractivity contribution is 7.00. The number of aromatic nitrogens is 3. The fourth-order valence-electron chi connectivity index (χ4n) is 13.0. The minimum atomic E-state index is -0.237. The molecular weight excluding hydrogens is 898 g/mol. The molecule has 0 unspecified atom stereocenters. The molecule has 0 fully saturated rings. The van der Waals surface area contributed by atoms with Gasteiger partial charge in [0.15, 0.2) is 0 Å². The van der Waals surface area contributed by atoms with Crippen molar-refractivity contribution in [1.29, 1.82) is 10.5 Å². The molecule has 0 aliphatic carbocycles. The molecular formula is C68H38BN5. The molecule has 2 aliphatic rings. The quantitative estimate of drug-likeness (QED) is 0.161. The summed E-state index contributed by atoms with van der Waals surface area (Å²) >= 11 is 0. The summed E-state index contributed by atoms with van der Waals surface area (Å²) in [5, 5.41) is 30.8. The lowest BCUT2D eigenvalue weighted by Crippen LogP contribution is -2.60. The van der Waals surface area contributed by atoms with Crippen LogP contribution < -0.4 is 16.4 Å². The van der Waals surface area contributed by atoms with Crippen molar-refractivity contribution in [2.24, 2.45) is 0 Å². The molecule has 5 nitrogen and oxygen atoms in total. The second-order valence-electron chi connectivity index (χ2n) is 19.7. The highest BCUT2D eigenvalue weighted by Crippen LogP contribution is 2.46. The van der Waals surface area contributed by atoms with Crippen LogP contribution in [-0.4, -0.2) is 20.4 Å². The Morgan fingerprint density at radius 3 is 1.07 bits per heavy atom. The molecule has 0 bridgehead atoms. The molecule has 5 heterocycles. The van der Waals surface area contributed by atoms with Gasteiger partial charge in [-0.3, -0.25) is 0 Å². The average molecular weight is 936 g/mol. The lowest BCUT2D eigenvalue weighted by Gasteiger charge is -2.35. The normalized spacial score (nSPS) is 12.3. The number of benzene rings is 11. The molecule has 338 valence electrons. The summed E-state index contributed by atoms with van der Waals surface area (Å²) in [5.74, 6) is 0. The van der Waals surface area contributed by atoms with Crippen molar-refractivity contribution in [1.82, 2.24) is 13.7 Å². The largest absolute Gasteiger partial charge is 0.309 e. The monoisotopic (exact) mass is 935 g/mol. The van der Waals surface area contributed by atoms with Crippen LogP contribution in [-0.2, 0) is 0 Å². The van der Waals surface area contributed by atoms with Gasteiger partial charge in [-0.15, -0.1) is 0 Å². The van der Waals surface area contributed by atoms with Crippen LogP contribution in [0.15, 0.2) is 231 Å². The second-order valence-corrected chi connectivity index (χ2v) is 19.7. The summed E-state index contributed by atoms with van der Waals surface area (Å²) in [4.78, 5) is 0. The highest BCUT2D eigenvalue weighted by atomic mass is 15.1. The Kier molecular flexibility index (Phi) is 8.33. The zero-order chi connectivity index (χ0) is 48.8. The van der Waals surface area contributed by atoms with E-state index in [-0.39, 0.29) is 6.71 Å². The van der Waals surface area contributed by atoms with Crippen LogP contribution in [0.3, 0.4) is 0 Å². The Balaban J connectivity index is 1.03. The molecule has 11 aromatic carbocycles. The van der Waals surface area contributed by atoms with E-state index in [0.29, 0.717) is 16.8 Å². The molecule has 0 saturated heterocycles. The Bertz CT molecular complexity index is 4530. The number of rotatable bonds is 5. The summed E-state index contributed by atoms with van der Waals surface area (Å²) in [6, 6.07) is 87.9. The summed E-state index contributed by atoms with van der Waals surface area (Å²) in [6.07, 6.45) is 0. The molecule has 14 aromatic rings. The summed E-state index contributed by atoms with van der Waals surface area (Å²) < 4.78 is 6.92. The summed E-state index contributed by atoms with van der Waals surface area (Å²) in [5.41, 5.74) is 21.6. The van der Waals surface area contributed by atoms with Crippen molar-refractivity contribution in [2.45, 2.75) is 0 Å². The van der Waals surface area contributed by atoms with E-state index in [2.05, 4.69) is 244 Å². The molecule has 0 spiro atoms. The summed E-state index contributed by atoms with van der Waals surface area (Å²) in [7, 11) is 0. The number of hydrogen-bond acceptors (Lipinski definition) is 2. The van der Waals surface area contributed by atoms with Gasteiger partial charge in [-0.25, -0.2) is 0 Å². The van der Waals surface area contributed by atoms with E-state index in [1.54, 1.807) is 0 Å². The predicted octanol–water partition coefficient (Wildman–Crippen LogP) is 14.5. The van der Waals surface area contributed by atoms with Crippen LogP contribution in [0, 0.1) is 22.7 Å². The first-order chi connectivity index (χ1) is 36.7. The first kappa shape index (κ1) is 40.6. The number of nitrogens with zero attached hydrogens (tertiary/aromatic N) is 5. The maximum absolute atomic E-state index is 12.1. The van der Waals surface area contributed by atoms with Crippen molar-refractivity contribution < 1.29 is 0 Å². The zero-order valence-corrected chi connectivity index (χ0v) is 39.8. The molecule has 74 heavy (non-hydrogen) atoms. The third-order valence-corrected chi connectivity index (χ3v) is 16.1. The zero-order valence-electron chi connectivity index (χ0n) is 39.8. The van der Waals surface area contributed by atoms with E-state index in [0.717, 1.165) is 116 Å². The van der Waals surface area contributed by atoms with Crippen molar-refractivity contribution in [2.75, 3.05) is 0 Å². The lowest BCUT2D eigenvalue weighted by atomic mass is 9.34. The van der Waals surface area contributed by atoms with E-state index >= 15 is 0 Å². The van der Waals surface area contributed by atoms with Gasteiger partial charge in [0.05, 0.1) is 39.1 Å². The van der Waals surface area contributed by atoms with Gasteiger partial charge in [-0.05, 0) is 97.3 Å². The van der Waals surface area contributed by atoms with Crippen LogP contribution >= 0.6 is 0 Å². The van der Waals surface area contributed by atoms with Crippen LogP contribution in [0.2, 0.25) is 0 Å². The van der Waals surface area contributed by atoms with E-state index < -0.39 is 0 Å². The van der Waals surface area contributed by atoms with Gasteiger partial charge >= 0.3 is 0 Å². The van der Waals surface area contributed by atoms with Crippen LogP contribution in [0.5, 0.6) is 0 Å². The van der Waals surface area contributed by atoms with Crippen LogP contribution in [0.25, 0.3) is 127 Å². The van der Waals surface area contributed by atoms with Gasteiger partial charge in [-0.2, -0.15) is 10.5 Å². The topological polar surface area (TPSA) is 62.4 Å². The van der Waals surface area contributed by atoms with E-state index in [1.165, 1.54) is 22.1 Å². The number of hydrogen-bond donors (Lipinski definition) is 0. The van der Waals surface area contributed by atoms with Crippen molar-refractivity contribution in [3.8, 4) is 73.7 Å². The smallest absolute Gasteiger partial charge is 0.252 e. The molecule has 0 saturated carbocycles. The number of para-hydroxylation sites is 4. The maximum Gasteiger partial charge on any atom is 0.252 e. The fraction of sp³-hybridized carbons (Fsp3) is 0. The molecule has 0 atom stereocenters. The molecule has 0 radical (unpaired) electrons.